The molecule has 0 unspecified atom stereocenters. The first-order valence-electron chi connectivity index (χ1n) is 6.92. The maximum absolute atomic E-state index is 12.3. The summed E-state index contributed by atoms with van der Waals surface area (Å²) in [7, 11) is -2.09. The van der Waals surface area contributed by atoms with Crippen molar-refractivity contribution < 1.29 is 17.9 Å². The lowest BCUT2D eigenvalue weighted by atomic mass is 9.87. The lowest BCUT2D eigenvalue weighted by Gasteiger charge is -2.20. The summed E-state index contributed by atoms with van der Waals surface area (Å²) in [4.78, 5) is 12.3. The fraction of sp³-hybridized carbons (Fsp3) is 0.533. The van der Waals surface area contributed by atoms with Crippen LogP contribution in [0.25, 0.3) is 0 Å². The number of Topliss-reactive ketones (excluding diaryl/α,β-unsaturated/α-hetero) is 1. The van der Waals surface area contributed by atoms with Gasteiger partial charge >= 0.3 is 0 Å². The number of benzene rings is 1. The number of sulfone groups is 1. The van der Waals surface area contributed by atoms with Crippen molar-refractivity contribution in [2.24, 2.45) is 5.92 Å². The van der Waals surface area contributed by atoms with E-state index in [1.807, 2.05) is 0 Å². The zero-order chi connectivity index (χ0) is 14.6. The summed E-state index contributed by atoms with van der Waals surface area (Å²) < 4.78 is 29.6. The van der Waals surface area contributed by atoms with Gasteiger partial charge in [0.1, 0.15) is 11.5 Å². The van der Waals surface area contributed by atoms with E-state index in [-0.39, 0.29) is 16.6 Å². The Hall–Kier alpha value is -1.36. The minimum absolute atomic E-state index is 0.0795. The van der Waals surface area contributed by atoms with Crippen molar-refractivity contribution in [2.45, 2.75) is 37.0 Å². The number of carbonyl (C=O) groups excluding carboxylic acids is 1. The topological polar surface area (TPSA) is 60.4 Å². The van der Waals surface area contributed by atoms with E-state index in [1.54, 1.807) is 12.1 Å². The van der Waals surface area contributed by atoms with E-state index in [1.165, 1.54) is 19.2 Å². The van der Waals surface area contributed by atoms with E-state index in [9.17, 15) is 13.2 Å². The van der Waals surface area contributed by atoms with Crippen LogP contribution in [0.3, 0.4) is 0 Å². The first kappa shape index (κ1) is 15.0. The van der Waals surface area contributed by atoms with Crippen LogP contribution in [0.15, 0.2) is 29.2 Å². The van der Waals surface area contributed by atoms with E-state index in [0.29, 0.717) is 5.75 Å². The van der Waals surface area contributed by atoms with Crippen molar-refractivity contribution in [3.05, 3.63) is 24.3 Å². The molecule has 1 aromatic rings. The van der Waals surface area contributed by atoms with Crippen LogP contribution in [0, 0.1) is 5.92 Å². The fourth-order valence-electron chi connectivity index (χ4n) is 2.61. The predicted molar refractivity (Wildman–Crippen MR) is 76.6 cm³/mol. The Balaban J connectivity index is 2.11. The van der Waals surface area contributed by atoms with Gasteiger partial charge in [-0.3, -0.25) is 4.79 Å². The van der Waals surface area contributed by atoms with Gasteiger partial charge in [0.05, 0.1) is 12.0 Å². The maximum Gasteiger partial charge on any atom is 0.185 e. The zero-order valence-corrected chi connectivity index (χ0v) is 12.5. The van der Waals surface area contributed by atoms with Crippen molar-refractivity contribution >= 4 is 15.6 Å². The Morgan fingerprint density at radius 3 is 2.60 bits per heavy atom. The molecule has 20 heavy (non-hydrogen) atoms. The molecule has 0 amide bonds. The van der Waals surface area contributed by atoms with E-state index in [2.05, 4.69) is 0 Å². The van der Waals surface area contributed by atoms with Crippen LogP contribution >= 0.6 is 0 Å². The molecule has 0 aliphatic heterocycles. The lowest BCUT2D eigenvalue weighted by molar-refractivity contribution is -0.121. The number of hydrogen-bond donors (Lipinski definition) is 0. The van der Waals surface area contributed by atoms with Crippen LogP contribution in [-0.2, 0) is 14.6 Å². The number of ether oxygens (including phenoxy) is 1. The molecule has 1 aliphatic carbocycles. The maximum atomic E-state index is 12.3. The van der Waals surface area contributed by atoms with Crippen LogP contribution in [0.1, 0.15) is 32.1 Å². The molecule has 1 saturated carbocycles. The van der Waals surface area contributed by atoms with Crippen molar-refractivity contribution in [2.75, 3.05) is 12.9 Å². The number of ketones is 1. The molecule has 0 bridgehead atoms. The standard InChI is InChI=1S/C15H20O4S/c1-19-13-8-5-9-14(10-13)20(17,18)11-15(16)12-6-3-2-4-7-12/h5,8-10,12H,2-4,6-7,11H2,1H3. The highest BCUT2D eigenvalue weighted by Gasteiger charge is 2.27. The van der Waals surface area contributed by atoms with Crippen molar-refractivity contribution in [3.63, 3.8) is 0 Å². The number of hydrogen-bond acceptors (Lipinski definition) is 4. The van der Waals surface area contributed by atoms with Crippen LogP contribution in [0.5, 0.6) is 5.75 Å². The second-order valence-electron chi connectivity index (χ2n) is 5.24. The summed E-state index contributed by atoms with van der Waals surface area (Å²) in [6.45, 7) is 0. The third-order valence-electron chi connectivity index (χ3n) is 3.79. The van der Waals surface area contributed by atoms with Crippen LogP contribution in [-0.4, -0.2) is 27.1 Å². The highest BCUT2D eigenvalue weighted by Crippen LogP contribution is 2.26. The molecule has 1 aromatic carbocycles. The molecule has 0 aromatic heterocycles. The summed E-state index contributed by atoms with van der Waals surface area (Å²) in [6, 6.07) is 6.27. The van der Waals surface area contributed by atoms with E-state index in [0.717, 1.165) is 32.1 Å². The second kappa shape index (κ2) is 6.39. The summed E-state index contributed by atoms with van der Waals surface area (Å²) in [5, 5.41) is 0. The Kier molecular flexibility index (Phi) is 4.81. The molecule has 0 saturated heterocycles. The van der Waals surface area contributed by atoms with E-state index in [4.69, 9.17) is 4.74 Å². The SMILES string of the molecule is COc1cccc(S(=O)(=O)CC(=O)C2CCCCC2)c1. The first-order chi connectivity index (χ1) is 9.53. The van der Waals surface area contributed by atoms with Gasteiger partial charge in [0.25, 0.3) is 0 Å². The molecule has 5 heteroatoms. The molecule has 4 nitrogen and oxygen atoms in total. The predicted octanol–water partition coefficient (Wildman–Crippen LogP) is 2.62. The van der Waals surface area contributed by atoms with Gasteiger partial charge < -0.3 is 4.74 Å². The lowest BCUT2D eigenvalue weighted by Crippen LogP contribution is -2.25. The first-order valence-corrected chi connectivity index (χ1v) is 8.57. The summed E-state index contributed by atoms with van der Waals surface area (Å²) in [5.41, 5.74) is 0. The third kappa shape index (κ3) is 3.60. The van der Waals surface area contributed by atoms with Gasteiger partial charge in [-0.05, 0) is 31.0 Å². The highest BCUT2D eigenvalue weighted by molar-refractivity contribution is 7.92. The third-order valence-corrected chi connectivity index (χ3v) is 5.43. The average Bonchev–Trinajstić information content (AvgIpc) is 2.48. The average molecular weight is 296 g/mol. The Labute approximate surface area is 120 Å². The smallest absolute Gasteiger partial charge is 0.185 e. The molecular weight excluding hydrogens is 276 g/mol. The number of methoxy groups -OCH3 is 1. The van der Waals surface area contributed by atoms with E-state index >= 15 is 0 Å². The molecule has 1 fully saturated rings. The summed E-state index contributed by atoms with van der Waals surface area (Å²) >= 11 is 0. The quantitative estimate of drug-likeness (QED) is 0.838. The molecule has 1 aliphatic rings. The van der Waals surface area contributed by atoms with Gasteiger partial charge in [0, 0.05) is 5.92 Å². The fourth-order valence-corrected chi connectivity index (χ4v) is 3.97. The minimum Gasteiger partial charge on any atom is -0.497 e. The van der Waals surface area contributed by atoms with Gasteiger partial charge in [-0.15, -0.1) is 0 Å². The zero-order valence-electron chi connectivity index (χ0n) is 11.7. The van der Waals surface area contributed by atoms with Crippen molar-refractivity contribution in [1.82, 2.24) is 0 Å². The molecule has 0 heterocycles. The van der Waals surface area contributed by atoms with Crippen LogP contribution in [0.2, 0.25) is 0 Å². The van der Waals surface area contributed by atoms with Crippen LogP contribution < -0.4 is 4.74 Å². The highest BCUT2D eigenvalue weighted by atomic mass is 32.2. The summed E-state index contributed by atoms with van der Waals surface area (Å²) in [6.07, 6.45) is 4.84. The number of carbonyl (C=O) groups is 1. The van der Waals surface area contributed by atoms with Gasteiger partial charge in [0.2, 0.25) is 0 Å². The molecule has 2 rings (SSSR count). The van der Waals surface area contributed by atoms with Crippen molar-refractivity contribution in [3.8, 4) is 5.75 Å². The van der Waals surface area contributed by atoms with Gasteiger partial charge in [-0.1, -0.05) is 25.3 Å². The largest absolute Gasteiger partial charge is 0.497 e. The Bertz CT molecular complexity index is 571. The molecule has 0 spiro atoms. The second-order valence-corrected chi connectivity index (χ2v) is 7.23. The molecule has 0 N–H and O–H groups in total. The normalized spacial score (nSPS) is 16.9. The Morgan fingerprint density at radius 1 is 1.25 bits per heavy atom. The minimum atomic E-state index is -3.57. The van der Waals surface area contributed by atoms with Gasteiger partial charge in [0.15, 0.2) is 15.6 Å². The molecule has 0 radical (unpaired) electrons. The van der Waals surface area contributed by atoms with Crippen molar-refractivity contribution in [1.29, 1.82) is 0 Å². The van der Waals surface area contributed by atoms with E-state index < -0.39 is 15.6 Å². The Morgan fingerprint density at radius 2 is 1.95 bits per heavy atom. The van der Waals surface area contributed by atoms with Gasteiger partial charge in [-0.2, -0.15) is 0 Å². The molecule has 0 atom stereocenters. The summed E-state index contributed by atoms with van der Waals surface area (Å²) in [5.74, 6) is -0.141. The number of rotatable bonds is 5. The molecule has 110 valence electrons. The van der Waals surface area contributed by atoms with Crippen LogP contribution in [0.4, 0.5) is 0 Å². The van der Waals surface area contributed by atoms with Gasteiger partial charge in [-0.25, -0.2) is 8.42 Å². The molecular formula is C15H20O4S. The monoisotopic (exact) mass is 296 g/mol.